The fraction of sp³-hybridized carbons (Fsp3) is 0.615. The molecule has 0 fully saturated rings. The van der Waals surface area contributed by atoms with Gasteiger partial charge in [-0.15, -0.1) is 0 Å². The second-order valence-electron chi connectivity index (χ2n) is 4.78. The molecule has 0 amide bonds. The quantitative estimate of drug-likeness (QED) is 0.823. The molecule has 2 rings (SSSR count). The van der Waals surface area contributed by atoms with Crippen LogP contribution in [0.15, 0.2) is 9.59 Å². The van der Waals surface area contributed by atoms with Crippen LogP contribution in [0.5, 0.6) is 0 Å². The number of nitrogens with two attached hydrogens (primary N) is 1. The Bertz CT molecular complexity index is 738. The van der Waals surface area contributed by atoms with Gasteiger partial charge in [0.15, 0.2) is 11.2 Å². The van der Waals surface area contributed by atoms with Gasteiger partial charge in [-0.3, -0.25) is 13.9 Å². The first-order chi connectivity index (χ1) is 9.56. The van der Waals surface area contributed by atoms with Crippen molar-refractivity contribution in [1.29, 1.82) is 0 Å². The van der Waals surface area contributed by atoms with E-state index in [1.807, 2.05) is 11.5 Å². The van der Waals surface area contributed by atoms with Crippen molar-refractivity contribution in [2.45, 2.75) is 39.8 Å². The van der Waals surface area contributed by atoms with Crippen molar-refractivity contribution in [3.63, 3.8) is 0 Å². The van der Waals surface area contributed by atoms with Gasteiger partial charge >= 0.3 is 5.69 Å². The summed E-state index contributed by atoms with van der Waals surface area (Å²) in [6.45, 7) is 5.16. The lowest BCUT2D eigenvalue weighted by Crippen LogP contribution is -2.41. The molecule has 0 aliphatic carbocycles. The predicted octanol–water partition coefficient (Wildman–Crippen LogP) is -0.172. The van der Waals surface area contributed by atoms with Crippen LogP contribution in [0.3, 0.4) is 0 Å². The van der Waals surface area contributed by atoms with Crippen LogP contribution in [-0.2, 0) is 26.6 Å². The fourth-order valence-electron chi connectivity index (χ4n) is 2.50. The van der Waals surface area contributed by atoms with Crippen molar-refractivity contribution >= 4 is 11.2 Å². The molecule has 0 unspecified atom stereocenters. The number of nitrogens with zero attached hydrogens (tertiary/aromatic N) is 4. The van der Waals surface area contributed by atoms with E-state index in [1.54, 1.807) is 7.05 Å². The average Bonchev–Trinajstić information content (AvgIpc) is 2.80. The zero-order valence-electron chi connectivity index (χ0n) is 12.2. The molecule has 2 heterocycles. The molecule has 0 aliphatic rings. The van der Waals surface area contributed by atoms with Crippen LogP contribution in [0.25, 0.3) is 11.2 Å². The van der Waals surface area contributed by atoms with Crippen molar-refractivity contribution < 1.29 is 0 Å². The zero-order chi connectivity index (χ0) is 14.9. The summed E-state index contributed by atoms with van der Waals surface area (Å²) < 4.78 is 4.51. The Morgan fingerprint density at radius 2 is 1.90 bits per heavy atom. The molecule has 0 saturated carbocycles. The Morgan fingerprint density at radius 1 is 1.20 bits per heavy atom. The molecule has 7 heteroatoms. The van der Waals surface area contributed by atoms with Gasteiger partial charge in [0.25, 0.3) is 5.56 Å². The number of hydrogen-bond acceptors (Lipinski definition) is 4. The van der Waals surface area contributed by atoms with E-state index in [1.165, 1.54) is 9.13 Å². The molecular weight excluding hydrogens is 258 g/mol. The van der Waals surface area contributed by atoms with Crippen LogP contribution in [-0.4, -0.2) is 25.2 Å². The molecule has 110 valence electrons. The second kappa shape index (κ2) is 5.62. The minimum atomic E-state index is -0.364. The number of hydrogen-bond donors (Lipinski definition) is 1. The predicted molar refractivity (Wildman–Crippen MR) is 78.0 cm³/mol. The van der Waals surface area contributed by atoms with Gasteiger partial charge in [-0.05, 0) is 13.3 Å². The molecule has 0 spiro atoms. The van der Waals surface area contributed by atoms with Crippen molar-refractivity contribution in [2.75, 3.05) is 6.54 Å². The molecule has 0 aliphatic heterocycles. The molecule has 2 aromatic rings. The van der Waals surface area contributed by atoms with Gasteiger partial charge in [0.1, 0.15) is 5.82 Å². The Balaban J connectivity index is 2.90. The summed E-state index contributed by atoms with van der Waals surface area (Å²) >= 11 is 0. The van der Waals surface area contributed by atoms with E-state index in [2.05, 4.69) is 11.9 Å². The van der Waals surface area contributed by atoms with Crippen molar-refractivity contribution in [3.8, 4) is 0 Å². The highest BCUT2D eigenvalue weighted by molar-refractivity contribution is 5.71. The largest absolute Gasteiger partial charge is 0.332 e. The third kappa shape index (κ3) is 2.07. The molecule has 0 saturated heterocycles. The zero-order valence-corrected chi connectivity index (χ0v) is 12.2. The third-order valence-corrected chi connectivity index (χ3v) is 3.45. The van der Waals surface area contributed by atoms with E-state index in [0.717, 1.165) is 18.7 Å². The maximum absolute atomic E-state index is 12.5. The lowest BCUT2D eigenvalue weighted by molar-refractivity contribution is 0.607. The molecule has 2 N–H and O–H groups in total. The van der Waals surface area contributed by atoms with Gasteiger partial charge in [-0.25, -0.2) is 9.78 Å². The minimum absolute atomic E-state index is 0.222. The standard InChI is InChI=1S/C13H21N5O2/c1-4-6-9-15-11-10(17(9)5-2)12(19)18(8-7-14)13(20)16(11)3/h4-8,14H2,1-3H3. The fourth-order valence-corrected chi connectivity index (χ4v) is 2.50. The number of aromatic nitrogens is 4. The Labute approximate surface area is 116 Å². The molecule has 0 aromatic carbocycles. The molecule has 20 heavy (non-hydrogen) atoms. The monoisotopic (exact) mass is 279 g/mol. The molecule has 0 atom stereocenters. The molecule has 0 radical (unpaired) electrons. The van der Waals surface area contributed by atoms with E-state index in [0.29, 0.717) is 17.7 Å². The van der Waals surface area contributed by atoms with E-state index < -0.39 is 0 Å². The second-order valence-corrected chi connectivity index (χ2v) is 4.78. The van der Waals surface area contributed by atoms with Gasteiger partial charge in [-0.1, -0.05) is 6.92 Å². The first-order valence-electron chi connectivity index (χ1n) is 6.95. The highest BCUT2D eigenvalue weighted by Gasteiger charge is 2.18. The van der Waals surface area contributed by atoms with Crippen LogP contribution in [0.1, 0.15) is 26.1 Å². The first kappa shape index (κ1) is 14.5. The van der Waals surface area contributed by atoms with Gasteiger partial charge in [-0.2, -0.15) is 0 Å². The Morgan fingerprint density at radius 3 is 2.45 bits per heavy atom. The highest BCUT2D eigenvalue weighted by atomic mass is 16.2. The number of rotatable bonds is 5. The third-order valence-electron chi connectivity index (χ3n) is 3.45. The number of imidazole rings is 1. The molecule has 2 aromatic heterocycles. The maximum atomic E-state index is 12.5. The smallest absolute Gasteiger partial charge is 0.329 e. The number of aryl methyl sites for hydroxylation is 3. The van der Waals surface area contributed by atoms with E-state index in [9.17, 15) is 9.59 Å². The van der Waals surface area contributed by atoms with Crippen LogP contribution < -0.4 is 17.0 Å². The number of fused-ring (bicyclic) bond motifs is 1. The SMILES string of the molecule is CCCc1nc2c(c(=O)n(CCN)c(=O)n2C)n1CC. The van der Waals surface area contributed by atoms with E-state index >= 15 is 0 Å². The molecule has 7 nitrogen and oxygen atoms in total. The van der Waals surface area contributed by atoms with Crippen LogP contribution >= 0.6 is 0 Å². The summed E-state index contributed by atoms with van der Waals surface area (Å²) in [6.07, 6.45) is 1.72. The molecule has 0 bridgehead atoms. The summed E-state index contributed by atoms with van der Waals surface area (Å²) in [7, 11) is 1.64. The van der Waals surface area contributed by atoms with Gasteiger partial charge < -0.3 is 10.3 Å². The van der Waals surface area contributed by atoms with E-state index in [4.69, 9.17) is 5.73 Å². The lowest BCUT2D eigenvalue weighted by atomic mass is 10.3. The van der Waals surface area contributed by atoms with E-state index in [-0.39, 0.29) is 24.3 Å². The first-order valence-corrected chi connectivity index (χ1v) is 6.95. The Kier molecular flexibility index (Phi) is 4.08. The van der Waals surface area contributed by atoms with Crippen LogP contribution in [0, 0.1) is 0 Å². The van der Waals surface area contributed by atoms with Crippen LogP contribution in [0.2, 0.25) is 0 Å². The summed E-state index contributed by atoms with van der Waals surface area (Å²) in [5.74, 6) is 0.850. The van der Waals surface area contributed by atoms with Gasteiger partial charge in [0, 0.05) is 33.1 Å². The average molecular weight is 279 g/mol. The van der Waals surface area contributed by atoms with Crippen LogP contribution in [0.4, 0.5) is 0 Å². The normalized spacial score (nSPS) is 11.4. The van der Waals surface area contributed by atoms with Crippen molar-refractivity contribution in [1.82, 2.24) is 18.7 Å². The summed E-state index contributed by atoms with van der Waals surface area (Å²) in [4.78, 5) is 29.2. The lowest BCUT2D eigenvalue weighted by Gasteiger charge is -2.08. The maximum Gasteiger partial charge on any atom is 0.332 e. The minimum Gasteiger partial charge on any atom is -0.329 e. The van der Waals surface area contributed by atoms with Gasteiger partial charge in [0.05, 0.1) is 0 Å². The summed E-state index contributed by atoms with van der Waals surface area (Å²) in [5.41, 5.74) is 5.77. The summed E-state index contributed by atoms with van der Waals surface area (Å²) in [5, 5.41) is 0. The topological polar surface area (TPSA) is 87.8 Å². The van der Waals surface area contributed by atoms with Crippen molar-refractivity contribution in [2.24, 2.45) is 12.8 Å². The summed E-state index contributed by atoms with van der Waals surface area (Å²) in [6, 6.07) is 0. The van der Waals surface area contributed by atoms with Crippen molar-refractivity contribution in [3.05, 3.63) is 26.7 Å². The Hall–Kier alpha value is -1.89. The molecular formula is C13H21N5O2. The highest BCUT2D eigenvalue weighted by Crippen LogP contribution is 2.12. The van der Waals surface area contributed by atoms with Gasteiger partial charge in [0.2, 0.25) is 0 Å².